The average Bonchev–Trinajstić information content (AvgIpc) is 2.83. The number of aliphatic carboxylic acids is 1. The van der Waals surface area contributed by atoms with Gasteiger partial charge in [0.05, 0.1) is 15.3 Å². The summed E-state index contributed by atoms with van der Waals surface area (Å²) >= 11 is 6.93. The fourth-order valence-electron chi connectivity index (χ4n) is 2.73. The number of nitrogens with one attached hydrogen (secondary N) is 1. The fourth-order valence-corrected chi connectivity index (χ4v) is 3.67. The van der Waals surface area contributed by atoms with Gasteiger partial charge in [0.1, 0.15) is 5.54 Å². The van der Waals surface area contributed by atoms with Crippen LogP contribution < -0.4 is 5.32 Å². The number of hydrogen-bond acceptors (Lipinski definition) is 4. The summed E-state index contributed by atoms with van der Waals surface area (Å²) in [5, 5.41) is 12.3. The molecule has 116 valence electrons. The van der Waals surface area contributed by atoms with E-state index in [0.29, 0.717) is 15.8 Å². The van der Waals surface area contributed by atoms with E-state index >= 15 is 0 Å². The van der Waals surface area contributed by atoms with E-state index < -0.39 is 22.8 Å². The van der Waals surface area contributed by atoms with Crippen LogP contribution in [0, 0.1) is 5.41 Å². The van der Waals surface area contributed by atoms with E-state index in [4.69, 9.17) is 16.3 Å². The molecule has 2 N–H and O–H groups in total. The zero-order valence-electron chi connectivity index (χ0n) is 12.1. The molecular weight excluding hydrogens is 314 g/mol. The van der Waals surface area contributed by atoms with Crippen LogP contribution >= 0.6 is 22.9 Å². The fraction of sp³-hybridized carbons (Fsp3) is 0.571. The lowest BCUT2D eigenvalue weighted by molar-refractivity contribution is -0.190. The Morgan fingerprint density at radius 3 is 2.62 bits per heavy atom. The van der Waals surface area contributed by atoms with E-state index in [2.05, 4.69) is 5.32 Å². The minimum absolute atomic E-state index is 0.189. The van der Waals surface area contributed by atoms with Gasteiger partial charge in [-0.2, -0.15) is 0 Å². The van der Waals surface area contributed by atoms with E-state index in [9.17, 15) is 14.7 Å². The van der Waals surface area contributed by atoms with Gasteiger partial charge in [-0.1, -0.05) is 25.4 Å². The molecule has 21 heavy (non-hydrogen) atoms. The molecule has 0 unspecified atom stereocenters. The standard InChI is InChI=1S/C14H18ClNO4S/c1-4-20-9-7-14(12(18)19,13(9,2)3)16-11(17)8-5-6-10(15)21-8/h5-6,9H,4,7H2,1-3H3,(H,16,17)(H,18,19)/t9-,14+/m1/s1. The Morgan fingerprint density at radius 1 is 1.52 bits per heavy atom. The number of ether oxygens (including phenoxy) is 1. The Labute approximate surface area is 132 Å². The van der Waals surface area contributed by atoms with Crippen molar-refractivity contribution in [2.75, 3.05) is 6.61 Å². The molecule has 0 bridgehead atoms. The lowest BCUT2D eigenvalue weighted by Gasteiger charge is -2.58. The third kappa shape index (κ3) is 2.56. The lowest BCUT2D eigenvalue weighted by Crippen LogP contribution is -2.76. The number of thiophene rings is 1. The Morgan fingerprint density at radius 2 is 2.19 bits per heavy atom. The maximum atomic E-state index is 12.3. The summed E-state index contributed by atoms with van der Waals surface area (Å²) in [6.45, 7) is 5.97. The number of carbonyl (C=O) groups excluding carboxylic acids is 1. The maximum absolute atomic E-state index is 12.3. The molecular formula is C14H18ClNO4S. The quantitative estimate of drug-likeness (QED) is 0.870. The Balaban J connectivity index is 2.22. The molecule has 1 amide bonds. The predicted molar refractivity (Wildman–Crippen MR) is 81.0 cm³/mol. The maximum Gasteiger partial charge on any atom is 0.330 e. The Kier molecular flexibility index (Phi) is 4.33. The van der Waals surface area contributed by atoms with Crippen LogP contribution in [-0.2, 0) is 9.53 Å². The molecule has 1 saturated carbocycles. The van der Waals surface area contributed by atoms with Crippen molar-refractivity contribution in [1.82, 2.24) is 5.32 Å². The topological polar surface area (TPSA) is 75.6 Å². The SMILES string of the molecule is CCO[C@@H]1C[C@](NC(=O)c2ccc(Cl)s2)(C(=O)O)C1(C)C. The highest BCUT2D eigenvalue weighted by Gasteiger charge is 2.66. The zero-order chi connectivity index (χ0) is 15.8. The van der Waals surface area contributed by atoms with Crippen molar-refractivity contribution in [3.8, 4) is 0 Å². The highest BCUT2D eigenvalue weighted by atomic mass is 35.5. The van der Waals surface area contributed by atoms with Crippen LogP contribution in [0.1, 0.15) is 36.9 Å². The van der Waals surface area contributed by atoms with Crippen molar-refractivity contribution < 1.29 is 19.4 Å². The van der Waals surface area contributed by atoms with Crippen LogP contribution in [-0.4, -0.2) is 35.2 Å². The third-order valence-corrected chi connectivity index (χ3v) is 5.48. The first-order chi connectivity index (χ1) is 9.74. The number of carbonyl (C=O) groups is 2. The molecule has 0 aromatic carbocycles. The van der Waals surface area contributed by atoms with E-state index in [1.807, 2.05) is 6.92 Å². The number of carboxylic acid groups (broad SMARTS) is 1. The summed E-state index contributed by atoms with van der Waals surface area (Å²) in [5.41, 5.74) is -2.01. The van der Waals surface area contributed by atoms with Crippen molar-refractivity contribution in [3.63, 3.8) is 0 Å². The second-order valence-corrected chi connectivity index (χ2v) is 7.35. The van der Waals surface area contributed by atoms with Gasteiger partial charge in [0, 0.05) is 18.4 Å². The number of carboxylic acids is 1. The Hall–Kier alpha value is -1.11. The predicted octanol–water partition coefficient (Wildman–Crippen LogP) is 2.79. The molecule has 1 aromatic heterocycles. The summed E-state index contributed by atoms with van der Waals surface area (Å²) in [6.07, 6.45) is 0.0689. The van der Waals surface area contributed by atoms with Gasteiger partial charge in [-0.25, -0.2) is 4.79 Å². The number of amides is 1. The van der Waals surface area contributed by atoms with Gasteiger partial charge in [0.2, 0.25) is 0 Å². The first-order valence-corrected chi connectivity index (χ1v) is 7.87. The minimum Gasteiger partial charge on any atom is -0.479 e. The van der Waals surface area contributed by atoms with Crippen molar-refractivity contribution in [1.29, 1.82) is 0 Å². The highest BCUT2D eigenvalue weighted by Crippen LogP contribution is 2.51. The monoisotopic (exact) mass is 331 g/mol. The summed E-state index contributed by atoms with van der Waals surface area (Å²) in [5.74, 6) is -1.46. The molecule has 1 aliphatic rings. The van der Waals surface area contributed by atoms with Crippen molar-refractivity contribution in [2.24, 2.45) is 5.41 Å². The largest absolute Gasteiger partial charge is 0.479 e. The second kappa shape index (κ2) is 5.59. The van der Waals surface area contributed by atoms with Crippen molar-refractivity contribution in [3.05, 3.63) is 21.3 Å². The van der Waals surface area contributed by atoms with Gasteiger partial charge in [-0.05, 0) is 19.1 Å². The van der Waals surface area contributed by atoms with Crippen LogP contribution in [0.3, 0.4) is 0 Å². The first-order valence-electron chi connectivity index (χ1n) is 6.67. The van der Waals surface area contributed by atoms with Gasteiger partial charge < -0.3 is 15.2 Å². The molecule has 0 spiro atoms. The Bertz CT molecular complexity index is 571. The number of rotatable bonds is 5. The molecule has 1 fully saturated rings. The van der Waals surface area contributed by atoms with E-state index in [-0.39, 0.29) is 12.5 Å². The van der Waals surface area contributed by atoms with E-state index in [0.717, 1.165) is 11.3 Å². The molecule has 7 heteroatoms. The zero-order valence-corrected chi connectivity index (χ0v) is 13.7. The molecule has 0 aliphatic heterocycles. The molecule has 2 rings (SSSR count). The van der Waals surface area contributed by atoms with E-state index in [1.165, 1.54) is 0 Å². The minimum atomic E-state index is -1.32. The van der Waals surface area contributed by atoms with Crippen molar-refractivity contribution >= 4 is 34.8 Å². The number of halogens is 1. The normalized spacial score (nSPS) is 27.0. The van der Waals surface area contributed by atoms with Crippen LogP contribution in [0.25, 0.3) is 0 Å². The van der Waals surface area contributed by atoms with E-state index in [1.54, 1.807) is 26.0 Å². The van der Waals surface area contributed by atoms with Gasteiger partial charge >= 0.3 is 5.97 Å². The third-order valence-electron chi connectivity index (χ3n) is 4.25. The summed E-state index contributed by atoms with van der Waals surface area (Å²) < 4.78 is 6.05. The second-order valence-electron chi connectivity index (χ2n) is 5.64. The summed E-state index contributed by atoms with van der Waals surface area (Å²) in [6, 6.07) is 3.20. The lowest BCUT2D eigenvalue weighted by atomic mass is 9.54. The molecule has 1 aliphatic carbocycles. The van der Waals surface area contributed by atoms with Gasteiger partial charge in [0.25, 0.3) is 5.91 Å². The van der Waals surface area contributed by atoms with Crippen LogP contribution in [0.15, 0.2) is 12.1 Å². The molecule has 5 nitrogen and oxygen atoms in total. The first kappa shape index (κ1) is 16.3. The highest BCUT2D eigenvalue weighted by molar-refractivity contribution is 7.18. The van der Waals surface area contributed by atoms with Gasteiger partial charge in [0.15, 0.2) is 0 Å². The molecule has 1 aromatic rings. The number of hydrogen-bond donors (Lipinski definition) is 2. The summed E-state index contributed by atoms with van der Waals surface area (Å²) in [7, 11) is 0. The van der Waals surface area contributed by atoms with Crippen LogP contribution in [0.2, 0.25) is 4.34 Å². The van der Waals surface area contributed by atoms with Crippen LogP contribution in [0.4, 0.5) is 0 Å². The molecule has 0 saturated heterocycles. The van der Waals surface area contributed by atoms with Gasteiger partial charge in [-0.15, -0.1) is 11.3 Å². The smallest absolute Gasteiger partial charge is 0.330 e. The average molecular weight is 332 g/mol. The van der Waals surface area contributed by atoms with Crippen LogP contribution in [0.5, 0.6) is 0 Å². The molecule has 1 heterocycles. The summed E-state index contributed by atoms with van der Waals surface area (Å²) in [4.78, 5) is 24.4. The molecule has 2 atom stereocenters. The van der Waals surface area contributed by atoms with Gasteiger partial charge in [-0.3, -0.25) is 4.79 Å². The molecule has 0 radical (unpaired) electrons. The van der Waals surface area contributed by atoms with Crippen molar-refractivity contribution in [2.45, 2.75) is 38.8 Å².